The zero-order valence-electron chi connectivity index (χ0n) is 11.9. The first kappa shape index (κ1) is 13.7. The van der Waals surface area contributed by atoms with E-state index < -0.39 is 5.97 Å². The molecule has 0 fully saturated rings. The van der Waals surface area contributed by atoms with Crippen molar-refractivity contribution in [2.45, 2.75) is 45.3 Å². The van der Waals surface area contributed by atoms with E-state index in [4.69, 9.17) is 9.84 Å². The largest absolute Gasteiger partial charge is 0.486 e. The molecule has 4 nitrogen and oxygen atoms in total. The lowest BCUT2D eigenvalue weighted by Crippen LogP contribution is -2.46. The molecule has 0 radical (unpaired) electrons. The fourth-order valence-corrected chi connectivity index (χ4v) is 2.38. The van der Waals surface area contributed by atoms with Crippen molar-refractivity contribution in [3.05, 3.63) is 23.8 Å². The minimum Gasteiger partial charge on any atom is -0.486 e. The number of fused-ring (bicyclic) bond motifs is 1. The van der Waals surface area contributed by atoms with Crippen LogP contribution in [0.25, 0.3) is 0 Å². The topological polar surface area (TPSA) is 49.8 Å². The molecular weight excluding hydrogens is 242 g/mol. The van der Waals surface area contributed by atoms with Gasteiger partial charge in [-0.05, 0) is 30.5 Å². The highest BCUT2D eigenvalue weighted by Gasteiger charge is 2.32. The summed E-state index contributed by atoms with van der Waals surface area (Å²) >= 11 is 0. The summed E-state index contributed by atoms with van der Waals surface area (Å²) in [6.07, 6.45) is -0.281. The van der Waals surface area contributed by atoms with E-state index in [1.165, 1.54) is 5.56 Å². The van der Waals surface area contributed by atoms with E-state index in [9.17, 15) is 4.79 Å². The number of hydrogen-bond donors (Lipinski definition) is 1. The molecule has 4 heteroatoms. The number of likely N-dealkylation sites (N-methyl/N-ethyl adjacent to an activating group) is 1. The van der Waals surface area contributed by atoms with Crippen LogP contribution in [0.4, 0.5) is 5.69 Å². The van der Waals surface area contributed by atoms with Crippen LogP contribution in [-0.4, -0.2) is 30.3 Å². The van der Waals surface area contributed by atoms with Gasteiger partial charge in [0.05, 0.1) is 18.2 Å². The number of anilines is 1. The summed E-state index contributed by atoms with van der Waals surface area (Å²) in [5.74, 6) is 0.412. The summed E-state index contributed by atoms with van der Waals surface area (Å²) in [5.41, 5.74) is 2.30. The molecule has 0 aliphatic carbocycles. The van der Waals surface area contributed by atoms with Crippen LogP contribution in [0, 0.1) is 0 Å². The molecule has 0 aromatic heterocycles. The number of carboxylic acid groups (broad SMARTS) is 1. The summed E-state index contributed by atoms with van der Waals surface area (Å²) in [7, 11) is 1.99. The Balaban J connectivity index is 2.32. The Bertz CT molecular complexity index is 484. The van der Waals surface area contributed by atoms with Gasteiger partial charge in [-0.1, -0.05) is 19.9 Å². The first-order valence-electron chi connectivity index (χ1n) is 6.65. The number of carbonyl (C=O) groups is 1. The first-order chi connectivity index (χ1) is 8.90. The van der Waals surface area contributed by atoms with Crippen molar-refractivity contribution in [2.24, 2.45) is 0 Å². The minimum atomic E-state index is -0.826. The standard InChI is InChI=1S/C15H21NO3/c1-9(2)11-5-6-13-12(7-11)16(4)10(3)14(19-13)8-15(17)18/h5-7,9-10,14H,8H2,1-4H3,(H,17,18). The Labute approximate surface area is 114 Å². The van der Waals surface area contributed by atoms with Crippen LogP contribution in [0.2, 0.25) is 0 Å². The molecule has 0 saturated carbocycles. The van der Waals surface area contributed by atoms with Crippen LogP contribution in [0.1, 0.15) is 38.7 Å². The summed E-state index contributed by atoms with van der Waals surface area (Å²) < 4.78 is 5.84. The van der Waals surface area contributed by atoms with E-state index in [0.717, 1.165) is 11.4 Å². The predicted molar refractivity (Wildman–Crippen MR) is 75.1 cm³/mol. The number of nitrogens with zero attached hydrogens (tertiary/aromatic N) is 1. The Morgan fingerprint density at radius 1 is 1.47 bits per heavy atom. The molecule has 19 heavy (non-hydrogen) atoms. The van der Waals surface area contributed by atoms with Gasteiger partial charge in [0.15, 0.2) is 0 Å². The van der Waals surface area contributed by atoms with Crippen LogP contribution in [0.3, 0.4) is 0 Å². The maximum absolute atomic E-state index is 10.9. The van der Waals surface area contributed by atoms with Crippen LogP contribution in [0.5, 0.6) is 5.75 Å². The molecule has 2 rings (SSSR count). The van der Waals surface area contributed by atoms with Gasteiger partial charge in [0.2, 0.25) is 0 Å². The fraction of sp³-hybridized carbons (Fsp3) is 0.533. The predicted octanol–water partition coefficient (Wildman–Crippen LogP) is 2.87. The molecule has 1 aromatic rings. The van der Waals surface area contributed by atoms with Crippen molar-refractivity contribution in [1.29, 1.82) is 0 Å². The molecule has 1 aromatic carbocycles. The summed E-state index contributed by atoms with van der Waals surface area (Å²) in [4.78, 5) is 13.0. The lowest BCUT2D eigenvalue weighted by atomic mass is 9.99. The van der Waals surface area contributed by atoms with Gasteiger partial charge in [-0.2, -0.15) is 0 Å². The van der Waals surface area contributed by atoms with E-state index in [1.807, 2.05) is 26.1 Å². The molecule has 0 amide bonds. The summed E-state index contributed by atoms with van der Waals surface area (Å²) in [5, 5.41) is 8.94. The first-order valence-corrected chi connectivity index (χ1v) is 6.65. The summed E-state index contributed by atoms with van der Waals surface area (Å²) in [6.45, 7) is 6.31. The van der Waals surface area contributed by atoms with Gasteiger partial charge < -0.3 is 14.7 Å². The second-order valence-electron chi connectivity index (χ2n) is 5.49. The Morgan fingerprint density at radius 3 is 2.74 bits per heavy atom. The monoisotopic (exact) mass is 263 g/mol. The van der Waals surface area contributed by atoms with Crippen LogP contribution in [-0.2, 0) is 4.79 Å². The molecule has 0 spiro atoms. The van der Waals surface area contributed by atoms with Crippen LogP contribution in [0.15, 0.2) is 18.2 Å². The normalized spacial score (nSPS) is 22.1. The number of carboxylic acids is 1. The molecule has 2 atom stereocenters. The van der Waals surface area contributed by atoms with Crippen LogP contribution >= 0.6 is 0 Å². The molecule has 1 aliphatic rings. The molecule has 0 saturated heterocycles. The number of ether oxygens (including phenoxy) is 1. The minimum absolute atomic E-state index is 0.0247. The quantitative estimate of drug-likeness (QED) is 0.911. The number of rotatable bonds is 3. The van der Waals surface area contributed by atoms with Gasteiger partial charge >= 0.3 is 5.97 Å². The Hall–Kier alpha value is -1.71. The molecule has 1 heterocycles. The van der Waals surface area contributed by atoms with Gasteiger partial charge in [-0.25, -0.2) is 0 Å². The van der Waals surface area contributed by atoms with Crippen molar-refractivity contribution < 1.29 is 14.6 Å². The molecule has 1 aliphatic heterocycles. The van der Waals surface area contributed by atoms with Crippen molar-refractivity contribution in [3.63, 3.8) is 0 Å². The van der Waals surface area contributed by atoms with Crippen molar-refractivity contribution >= 4 is 11.7 Å². The molecule has 0 bridgehead atoms. The van der Waals surface area contributed by atoms with Gasteiger partial charge in [-0.15, -0.1) is 0 Å². The lowest BCUT2D eigenvalue weighted by Gasteiger charge is -2.39. The van der Waals surface area contributed by atoms with E-state index >= 15 is 0 Å². The Morgan fingerprint density at radius 2 is 2.16 bits per heavy atom. The zero-order valence-corrected chi connectivity index (χ0v) is 11.9. The van der Waals surface area contributed by atoms with Gasteiger partial charge in [-0.3, -0.25) is 4.79 Å². The third-order valence-corrected chi connectivity index (χ3v) is 3.83. The fourth-order valence-electron chi connectivity index (χ4n) is 2.38. The van der Waals surface area contributed by atoms with Crippen molar-refractivity contribution in [2.75, 3.05) is 11.9 Å². The highest BCUT2D eigenvalue weighted by Crippen LogP contribution is 2.38. The SMILES string of the molecule is CC(C)c1ccc2c(c1)N(C)C(C)C(CC(=O)O)O2. The maximum Gasteiger partial charge on any atom is 0.307 e. The van der Waals surface area contributed by atoms with Crippen LogP contribution < -0.4 is 9.64 Å². The average Bonchev–Trinajstić information content (AvgIpc) is 2.34. The molecule has 104 valence electrons. The zero-order chi connectivity index (χ0) is 14.2. The molecular formula is C15H21NO3. The number of aliphatic carboxylic acids is 1. The highest BCUT2D eigenvalue weighted by atomic mass is 16.5. The number of hydrogen-bond acceptors (Lipinski definition) is 3. The number of benzene rings is 1. The maximum atomic E-state index is 10.9. The smallest absolute Gasteiger partial charge is 0.307 e. The van der Waals surface area contributed by atoms with Gasteiger partial charge in [0, 0.05) is 7.05 Å². The Kier molecular flexibility index (Phi) is 3.69. The third-order valence-electron chi connectivity index (χ3n) is 3.83. The second kappa shape index (κ2) is 5.11. The van der Waals surface area contributed by atoms with E-state index in [2.05, 4.69) is 24.8 Å². The summed E-state index contributed by atoms with van der Waals surface area (Å²) in [6, 6.07) is 6.17. The highest BCUT2D eigenvalue weighted by molar-refractivity contribution is 5.69. The second-order valence-corrected chi connectivity index (χ2v) is 5.49. The molecule has 2 unspecified atom stereocenters. The third kappa shape index (κ3) is 2.67. The van der Waals surface area contributed by atoms with Gasteiger partial charge in [0.1, 0.15) is 11.9 Å². The van der Waals surface area contributed by atoms with E-state index in [-0.39, 0.29) is 18.6 Å². The van der Waals surface area contributed by atoms with Crippen molar-refractivity contribution in [3.8, 4) is 5.75 Å². The average molecular weight is 263 g/mol. The lowest BCUT2D eigenvalue weighted by molar-refractivity contribution is -0.139. The molecule has 1 N–H and O–H groups in total. The van der Waals surface area contributed by atoms with Crippen molar-refractivity contribution in [1.82, 2.24) is 0 Å². The van der Waals surface area contributed by atoms with E-state index in [0.29, 0.717) is 5.92 Å². The van der Waals surface area contributed by atoms with E-state index in [1.54, 1.807) is 0 Å². The van der Waals surface area contributed by atoms with Gasteiger partial charge in [0.25, 0.3) is 0 Å².